The molecule has 0 spiro atoms. The van der Waals surface area contributed by atoms with Gasteiger partial charge in [0.1, 0.15) is 24.3 Å². The molecule has 2 N–H and O–H groups in total. The molecule has 4 heterocycles. The minimum absolute atomic E-state index is 0.0141. The fourth-order valence-electron chi connectivity index (χ4n) is 7.89. The number of urea groups is 1. The smallest absolute Gasteiger partial charge is 0.411 e. The summed E-state index contributed by atoms with van der Waals surface area (Å²) < 4.78 is 5.84. The highest BCUT2D eigenvalue weighted by atomic mass is 35.5. The van der Waals surface area contributed by atoms with E-state index in [4.69, 9.17) is 16.3 Å². The first kappa shape index (κ1) is 31.6. The van der Waals surface area contributed by atoms with E-state index in [1.165, 1.54) is 25.3 Å². The fourth-order valence-corrected chi connectivity index (χ4v) is 8.09. The van der Waals surface area contributed by atoms with E-state index in [2.05, 4.69) is 15.1 Å². The molecule has 0 aliphatic carbocycles. The Morgan fingerprint density at radius 3 is 2.51 bits per heavy atom. The lowest BCUT2D eigenvalue weighted by atomic mass is 9.84. The average Bonchev–Trinajstić information content (AvgIpc) is 3.23. The molecular formula is C34H44ClN5O5. The highest BCUT2D eigenvalue weighted by Gasteiger charge is 2.52. The summed E-state index contributed by atoms with van der Waals surface area (Å²) in [7, 11) is 0. The second-order valence-electron chi connectivity index (χ2n) is 12.8. The number of aromatic hydroxyl groups is 1. The maximum absolute atomic E-state index is 13.9. The number of benzene rings is 2. The Morgan fingerprint density at radius 1 is 1.00 bits per heavy atom. The second kappa shape index (κ2) is 14.0. The molecular weight excluding hydrogens is 594 g/mol. The van der Waals surface area contributed by atoms with Crippen molar-refractivity contribution in [3.8, 4) is 5.75 Å². The second-order valence-corrected chi connectivity index (χ2v) is 13.2. The maximum Gasteiger partial charge on any atom is 0.411 e. The third-order valence-electron chi connectivity index (χ3n) is 10.3. The fraction of sp³-hybridized carbons (Fsp3) is 0.559. The lowest BCUT2D eigenvalue weighted by Gasteiger charge is -2.57. The van der Waals surface area contributed by atoms with E-state index >= 15 is 0 Å². The minimum atomic E-state index is -0.916. The molecule has 6 rings (SSSR count). The SMILES string of the molecule is O=CC[C@@]1(N2CCC(N3CCCCC3)CC2)C[C@H](N2CCc3ccccc3NC2=O)CCN1C(=O)OCc1ccc(O)c(Cl)c1. The first-order chi connectivity index (χ1) is 21.9. The Morgan fingerprint density at radius 2 is 1.76 bits per heavy atom. The number of nitrogens with zero attached hydrogens (tertiary/aromatic N) is 4. The summed E-state index contributed by atoms with van der Waals surface area (Å²) in [6.45, 7) is 4.70. The number of carbonyl (C=O) groups is 3. The number of piperidine rings is 3. The molecule has 4 aliphatic heterocycles. The van der Waals surface area contributed by atoms with Crippen molar-refractivity contribution in [3.05, 3.63) is 58.6 Å². The predicted molar refractivity (Wildman–Crippen MR) is 172 cm³/mol. The van der Waals surface area contributed by atoms with Crippen LogP contribution in [0.25, 0.3) is 0 Å². The highest BCUT2D eigenvalue weighted by molar-refractivity contribution is 6.32. The van der Waals surface area contributed by atoms with Crippen molar-refractivity contribution < 1.29 is 24.2 Å². The molecule has 0 aromatic heterocycles. The molecule has 45 heavy (non-hydrogen) atoms. The molecule has 3 saturated heterocycles. The molecule has 2 atom stereocenters. The van der Waals surface area contributed by atoms with Crippen LogP contribution in [0.2, 0.25) is 5.02 Å². The number of halogens is 1. The minimum Gasteiger partial charge on any atom is -0.506 e. The van der Waals surface area contributed by atoms with E-state index in [1.807, 2.05) is 29.2 Å². The number of hydrogen-bond donors (Lipinski definition) is 2. The van der Waals surface area contributed by atoms with Crippen LogP contribution in [-0.4, -0.2) is 100 Å². The van der Waals surface area contributed by atoms with Gasteiger partial charge in [0.2, 0.25) is 0 Å². The Hall–Kier alpha value is -3.34. The van der Waals surface area contributed by atoms with Crippen LogP contribution in [0.5, 0.6) is 5.75 Å². The molecule has 11 heteroatoms. The molecule has 0 radical (unpaired) electrons. The molecule has 3 amide bonds. The van der Waals surface area contributed by atoms with Crippen LogP contribution < -0.4 is 5.32 Å². The number of hydrogen-bond acceptors (Lipinski definition) is 7. The predicted octanol–water partition coefficient (Wildman–Crippen LogP) is 5.47. The molecule has 4 aliphatic rings. The molecule has 0 saturated carbocycles. The van der Waals surface area contributed by atoms with Crippen LogP contribution in [0.3, 0.4) is 0 Å². The van der Waals surface area contributed by atoms with Crippen molar-refractivity contribution in [3.63, 3.8) is 0 Å². The average molecular weight is 638 g/mol. The van der Waals surface area contributed by atoms with Crippen molar-refractivity contribution in [2.24, 2.45) is 0 Å². The van der Waals surface area contributed by atoms with Gasteiger partial charge in [0.25, 0.3) is 0 Å². The third kappa shape index (κ3) is 6.78. The van der Waals surface area contributed by atoms with Crippen molar-refractivity contribution in [1.82, 2.24) is 19.6 Å². The lowest BCUT2D eigenvalue weighted by Crippen LogP contribution is -2.70. The maximum atomic E-state index is 13.9. The van der Waals surface area contributed by atoms with Gasteiger partial charge in [-0.05, 0) is 80.9 Å². The molecule has 0 unspecified atom stereocenters. The van der Waals surface area contributed by atoms with Gasteiger partial charge in [-0.25, -0.2) is 9.59 Å². The van der Waals surface area contributed by atoms with Gasteiger partial charge in [-0.3, -0.25) is 9.80 Å². The topological polar surface area (TPSA) is 106 Å². The van der Waals surface area contributed by atoms with Gasteiger partial charge in [-0.15, -0.1) is 0 Å². The van der Waals surface area contributed by atoms with E-state index < -0.39 is 11.8 Å². The molecule has 3 fully saturated rings. The van der Waals surface area contributed by atoms with Crippen molar-refractivity contribution in [1.29, 1.82) is 0 Å². The first-order valence-electron chi connectivity index (χ1n) is 16.4. The van der Waals surface area contributed by atoms with Crippen LogP contribution in [0.1, 0.15) is 62.5 Å². The zero-order chi connectivity index (χ0) is 31.4. The molecule has 242 valence electrons. The van der Waals surface area contributed by atoms with E-state index in [0.29, 0.717) is 37.5 Å². The largest absolute Gasteiger partial charge is 0.506 e. The van der Waals surface area contributed by atoms with Crippen LogP contribution in [0.4, 0.5) is 15.3 Å². The zero-order valence-electron chi connectivity index (χ0n) is 25.8. The van der Waals surface area contributed by atoms with Gasteiger partial charge in [0, 0.05) is 56.8 Å². The van der Waals surface area contributed by atoms with Crippen molar-refractivity contribution in [2.45, 2.75) is 82.1 Å². The van der Waals surface area contributed by atoms with Gasteiger partial charge in [-0.2, -0.15) is 0 Å². The van der Waals surface area contributed by atoms with Crippen LogP contribution in [0, 0.1) is 0 Å². The molecule has 2 aromatic carbocycles. The Bertz CT molecular complexity index is 1380. The number of amides is 3. The summed E-state index contributed by atoms with van der Waals surface area (Å²) in [4.78, 5) is 48.5. The number of carbonyl (C=O) groups excluding carboxylic acids is 3. The van der Waals surface area contributed by atoms with Gasteiger partial charge in [-0.1, -0.05) is 42.3 Å². The van der Waals surface area contributed by atoms with Crippen LogP contribution >= 0.6 is 11.6 Å². The number of fused-ring (bicyclic) bond motifs is 1. The standard InChI is InChI=1S/C34H44ClN5O5/c35-29-22-25(8-9-31(29)42)24-45-33(44)40-20-13-28(39-19-10-26-6-2-3-7-30(26)36-32(39)43)23-34(40,14-21-41)38-17-11-27(12-18-38)37-15-4-1-5-16-37/h2-3,6-9,21-22,27-28,42H,1,4-5,10-20,23-24H2,(H,36,43)/t28-,34+/m1/s1. The number of ether oxygens (including phenoxy) is 1. The monoisotopic (exact) mass is 637 g/mol. The molecule has 2 aromatic rings. The van der Waals surface area contributed by atoms with Gasteiger partial charge < -0.3 is 29.8 Å². The van der Waals surface area contributed by atoms with E-state index in [-0.39, 0.29) is 35.9 Å². The molecule has 0 bridgehead atoms. The molecule has 10 nitrogen and oxygen atoms in total. The number of phenols is 1. The summed E-state index contributed by atoms with van der Waals surface area (Å²) in [6.07, 6.45) is 8.04. The third-order valence-corrected chi connectivity index (χ3v) is 10.6. The highest BCUT2D eigenvalue weighted by Crippen LogP contribution is 2.40. The Labute approximate surface area is 270 Å². The van der Waals surface area contributed by atoms with Crippen LogP contribution in [0.15, 0.2) is 42.5 Å². The quantitative estimate of drug-likeness (QED) is 0.388. The van der Waals surface area contributed by atoms with E-state index in [0.717, 1.165) is 63.0 Å². The first-order valence-corrected chi connectivity index (χ1v) is 16.8. The zero-order valence-corrected chi connectivity index (χ0v) is 26.6. The number of anilines is 1. The Kier molecular flexibility index (Phi) is 9.82. The van der Waals surface area contributed by atoms with Crippen molar-refractivity contribution >= 4 is 35.7 Å². The van der Waals surface area contributed by atoms with Crippen LogP contribution in [-0.2, 0) is 22.6 Å². The Balaban J connectivity index is 1.24. The normalized spacial score (nSPS) is 25.3. The van der Waals surface area contributed by atoms with Gasteiger partial charge in [0.15, 0.2) is 0 Å². The lowest BCUT2D eigenvalue weighted by molar-refractivity contribution is -0.128. The number of phenolic OH excluding ortho intramolecular Hbond substituents is 1. The number of likely N-dealkylation sites (tertiary alicyclic amines) is 3. The summed E-state index contributed by atoms with van der Waals surface area (Å²) in [5.41, 5.74) is 1.67. The number of aldehydes is 1. The number of nitrogens with one attached hydrogen (secondary N) is 1. The number of para-hydroxylation sites is 1. The summed E-state index contributed by atoms with van der Waals surface area (Å²) in [6, 6.07) is 12.8. The van der Waals surface area contributed by atoms with Gasteiger partial charge in [0.05, 0.1) is 5.02 Å². The summed E-state index contributed by atoms with van der Waals surface area (Å²) >= 11 is 6.09. The van der Waals surface area contributed by atoms with Gasteiger partial charge >= 0.3 is 12.1 Å². The van der Waals surface area contributed by atoms with E-state index in [1.54, 1.807) is 17.0 Å². The van der Waals surface area contributed by atoms with E-state index in [9.17, 15) is 19.5 Å². The van der Waals surface area contributed by atoms with Crippen molar-refractivity contribution in [2.75, 3.05) is 44.6 Å². The number of rotatable bonds is 7. The summed E-state index contributed by atoms with van der Waals surface area (Å²) in [5.74, 6) is -0.0348. The summed E-state index contributed by atoms with van der Waals surface area (Å²) in [5, 5.41) is 13.1.